The van der Waals surface area contributed by atoms with Crippen LogP contribution < -0.4 is 15.8 Å². The Kier molecular flexibility index (Phi) is 5.03. The molecule has 2 aliphatic heterocycles. The van der Waals surface area contributed by atoms with Crippen LogP contribution in [0, 0.1) is 10.1 Å². The largest absolute Gasteiger partial charge is 0.479 e. The summed E-state index contributed by atoms with van der Waals surface area (Å²) in [5.74, 6) is 0.410. The van der Waals surface area contributed by atoms with Crippen LogP contribution in [0.3, 0.4) is 0 Å². The van der Waals surface area contributed by atoms with Crippen LogP contribution in [0.1, 0.15) is 24.9 Å². The van der Waals surface area contributed by atoms with Crippen molar-refractivity contribution in [2.24, 2.45) is 0 Å². The molecule has 0 aromatic heterocycles. The van der Waals surface area contributed by atoms with Gasteiger partial charge in [0.25, 0.3) is 5.69 Å². The molecule has 1 fully saturated rings. The average molecular weight is 401 g/mol. The number of nitro benzene ring substituents is 1. The van der Waals surface area contributed by atoms with Crippen molar-refractivity contribution in [1.29, 1.82) is 0 Å². The Bertz CT molecular complexity index is 917. The van der Waals surface area contributed by atoms with E-state index in [0.717, 1.165) is 6.42 Å². The second kappa shape index (κ2) is 7.51. The third kappa shape index (κ3) is 3.48. The van der Waals surface area contributed by atoms with E-state index in [1.807, 2.05) is 6.07 Å². The lowest BCUT2D eigenvalue weighted by Crippen LogP contribution is -2.62. The summed E-state index contributed by atoms with van der Waals surface area (Å²) in [6.45, 7) is 2.70. The maximum absolute atomic E-state index is 11.3. The lowest BCUT2D eigenvalue weighted by molar-refractivity contribution is -0.385. The topological polar surface area (TPSA) is 129 Å². The molecule has 0 radical (unpaired) electrons. The van der Waals surface area contributed by atoms with Crippen molar-refractivity contribution < 1.29 is 24.2 Å². The summed E-state index contributed by atoms with van der Waals surface area (Å²) in [5, 5.41) is 25.8. The molecule has 0 saturated carbocycles. The molecule has 0 bridgehead atoms. The van der Waals surface area contributed by atoms with Gasteiger partial charge >= 0.3 is 0 Å². The number of anilines is 2. The van der Waals surface area contributed by atoms with Gasteiger partial charge in [-0.15, -0.1) is 0 Å². The van der Waals surface area contributed by atoms with Crippen molar-refractivity contribution in [3.63, 3.8) is 0 Å². The first-order valence-corrected chi connectivity index (χ1v) is 9.40. The molecule has 0 amide bonds. The number of aliphatic hydroxyl groups excluding tert-OH is 1. The predicted octanol–water partition coefficient (Wildman–Crippen LogP) is 2.61. The van der Waals surface area contributed by atoms with Crippen molar-refractivity contribution in [3.8, 4) is 5.75 Å². The van der Waals surface area contributed by atoms with Gasteiger partial charge in [0, 0.05) is 17.7 Å². The normalized spacial score (nSPS) is 27.0. The molecule has 0 spiro atoms. The maximum atomic E-state index is 11.3. The van der Waals surface area contributed by atoms with Gasteiger partial charge in [0.1, 0.15) is 11.9 Å². The van der Waals surface area contributed by atoms with E-state index in [1.165, 1.54) is 18.2 Å². The van der Waals surface area contributed by atoms with Crippen LogP contribution >= 0.6 is 0 Å². The van der Waals surface area contributed by atoms with E-state index in [2.05, 4.69) is 5.32 Å². The minimum Gasteiger partial charge on any atom is -0.479 e. The van der Waals surface area contributed by atoms with Crippen LogP contribution in [0.25, 0.3) is 0 Å². The Hall–Kier alpha value is -2.88. The van der Waals surface area contributed by atoms with Gasteiger partial charge in [0.05, 0.1) is 35.6 Å². The lowest BCUT2D eigenvalue weighted by atomic mass is 9.84. The van der Waals surface area contributed by atoms with E-state index < -0.39 is 29.0 Å². The quantitative estimate of drug-likeness (QED) is 0.405. The van der Waals surface area contributed by atoms with Gasteiger partial charge in [0.15, 0.2) is 11.9 Å². The van der Waals surface area contributed by atoms with Gasteiger partial charge in [-0.05, 0) is 31.5 Å². The molecule has 0 unspecified atom stereocenters. The average Bonchev–Trinajstić information content (AvgIpc) is 2.73. The van der Waals surface area contributed by atoms with Gasteiger partial charge in [-0.1, -0.05) is 12.1 Å². The number of para-hydroxylation sites is 2. The number of nitrogens with zero attached hydrogens (tertiary/aromatic N) is 1. The van der Waals surface area contributed by atoms with Gasteiger partial charge in [0.2, 0.25) is 0 Å². The van der Waals surface area contributed by atoms with Crippen LogP contribution in [-0.4, -0.2) is 41.2 Å². The first-order valence-electron chi connectivity index (χ1n) is 9.40. The van der Waals surface area contributed by atoms with E-state index in [-0.39, 0.29) is 5.69 Å². The molecule has 2 aromatic rings. The number of nitro groups is 1. The number of hydrogen-bond acceptors (Lipinski definition) is 8. The first-order chi connectivity index (χ1) is 13.9. The zero-order valence-electron chi connectivity index (χ0n) is 15.9. The monoisotopic (exact) mass is 401 g/mol. The highest BCUT2D eigenvalue weighted by Gasteiger charge is 2.53. The SMILES string of the molecule is C[C@]1(C2OCCCO2)Oc2ccc([N+](=O)[O-])cc2[C@H](Nc2ccccc2N)[C@H]1O. The minimum absolute atomic E-state index is 0.0962. The molecule has 2 heterocycles. The Morgan fingerprint density at radius 2 is 1.97 bits per heavy atom. The number of nitrogens with two attached hydrogens (primary N) is 1. The number of nitrogen functional groups attached to an aromatic ring is 1. The minimum atomic E-state index is -1.23. The molecule has 9 nitrogen and oxygen atoms in total. The van der Waals surface area contributed by atoms with E-state index in [1.54, 1.807) is 25.1 Å². The van der Waals surface area contributed by atoms with Crippen molar-refractivity contribution in [1.82, 2.24) is 0 Å². The Morgan fingerprint density at radius 1 is 1.24 bits per heavy atom. The molecule has 0 aliphatic carbocycles. The number of non-ortho nitro benzene ring substituents is 1. The van der Waals surface area contributed by atoms with Crippen molar-refractivity contribution in [2.45, 2.75) is 37.4 Å². The fourth-order valence-corrected chi connectivity index (χ4v) is 3.74. The molecule has 154 valence electrons. The Balaban J connectivity index is 1.78. The number of benzene rings is 2. The second-order valence-electron chi connectivity index (χ2n) is 7.35. The third-order valence-corrected chi connectivity index (χ3v) is 5.34. The van der Waals surface area contributed by atoms with Gasteiger partial charge in [-0.25, -0.2) is 0 Å². The molecular weight excluding hydrogens is 378 g/mol. The van der Waals surface area contributed by atoms with Crippen LogP contribution in [0.5, 0.6) is 5.75 Å². The maximum Gasteiger partial charge on any atom is 0.270 e. The van der Waals surface area contributed by atoms with Gasteiger partial charge < -0.3 is 30.4 Å². The summed E-state index contributed by atoms with van der Waals surface area (Å²) in [6.07, 6.45) is -1.17. The molecule has 3 atom stereocenters. The second-order valence-corrected chi connectivity index (χ2v) is 7.35. The molecule has 29 heavy (non-hydrogen) atoms. The van der Waals surface area contributed by atoms with Crippen LogP contribution in [0.15, 0.2) is 42.5 Å². The molecule has 1 saturated heterocycles. The van der Waals surface area contributed by atoms with Gasteiger partial charge in [-0.3, -0.25) is 10.1 Å². The fourth-order valence-electron chi connectivity index (χ4n) is 3.74. The standard InChI is InChI=1S/C20H23N3O6/c1-20(19-27-9-4-10-28-19)18(24)17(22-15-6-3-2-5-14(15)21)13-11-12(23(25)26)7-8-16(13)29-20/h2-3,5-8,11,17-19,22,24H,4,9-10,21H2,1H3/t17-,18+,20-/m0/s1. The molecule has 2 aliphatic rings. The van der Waals surface area contributed by atoms with Crippen molar-refractivity contribution in [3.05, 3.63) is 58.1 Å². The first kappa shape index (κ1) is 19.4. The van der Waals surface area contributed by atoms with Crippen LogP contribution in [-0.2, 0) is 9.47 Å². The summed E-state index contributed by atoms with van der Waals surface area (Å²) < 4.78 is 17.6. The van der Waals surface area contributed by atoms with Gasteiger partial charge in [-0.2, -0.15) is 0 Å². The molecule has 4 N–H and O–H groups in total. The summed E-state index contributed by atoms with van der Waals surface area (Å²) in [6, 6.07) is 10.7. The van der Waals surface area contributed by atoms with E-state index in [0.29, 0.717) is 35.9 Å². The number of fused-ring (bicyclic) bond motifs is 1. The van der Waals surface area contributed by atoms with E-state index in [4.69, 9.17) is 19.9 Å². The molecule has 4 rings (SSSR count). The number of aliphatic hydroxyl groups is 1. The van der Waals surface area contributed by atoms with Crippen molar-refractivity contribution >= 4 is 17.1 Å². The van der Waals surface area contributed by atoms with Crippen molar-refractivity contribution in [2.75, 3.05) is 24.3 Å². The molecular formula is C20H23N3O6. The predicted molar refractivity (Wildman–Crippen MR) is 106 cm³/mol. The van der Waals surface area contributed by atoms with E-state index >= 15 is 0 Å². The smallest absolute Gasteiger partial charge is 0.270 e. The highest BCUT2D eigenvalue weighted by Crippen LogP contribution is 2.45. The Morgan fingerprint density at radius 3 is 2.66 bits per heavy atom. The zero-order chi connectivity index (χ0) is 20.6. The fraction of sp³-hybridized carbons (Fsp3) is 0.400. The summed E-state index contributed by atoms with van der Waals surface area (Å²) in [4.78, 5) is 10.8. The Labute approximate surface area is 167 Å². The number of ether oxygens (including phenoxy) is 3. The van der Waals surface area contributed by atoms with E-state index in [9.17, 15) is 15.2 Å². The molecule has 2 aromatic carbocycles. The summed E-state index contributed by atoms with van der Waals surface area (Å²) in [5.41, 5.74) is 6.28. The van der Waals surface area contributed by atoms with Crippen LogP contribution in [0.4, 0.5) is 17.1 Å². The highest BCUT2D eigenvalue weighted by molar-refractivity contribution is 5.67. The lowest BCUT2D eigenvalue weighted by Gasteiger charge is -2.48. The highest BCUT2D eigenvalue weighted by atomic mass is 16.7. The van der Waals surface area contributed by atoms with Crippen LogP contribution in [0.2, 0.25) is 0 Å². The third-order valence-electron chi connectivity index (χ3n) is 5.34. The molecule has 9 heteroatoms. The summed E-state index contributed by atoms with van der Waals surface area (Å²) >= 11 is 0. The summed E-state index contributed by atoms with van der Waals surface area (Å²) in [7, 11) is 0. The zero-order valence-corrected chi connectivity index (χ0v) is 15.9. The number of rotatable bonds is 4. The number of nitrogens with one attached hydrogen (secondary N) is 1. The number of hydrogen-bond donors (Lipinski definition) is 3.